The summed E-state index contributed by atoms with van der Waals surface area (Å²) < 4.78 is 13.7. The molecule has 2 aliphatic rings. The summed E-state index contributed by atoms with van der Waals surface area (Å²) in [6.07, 6.45) is 5.66. The molecule has 0 atom stereocenters. The smallest absolute Gasteiger partial charge is 0.275 e. The minimum absolute atomic E-state index is 0.156. The normalized spacial score (nSPS) is 20.7. The molecule has 1 aliphatic carbocycles. The number of likely N-dealkylation sites (tertiary alicyclic amines) is 1. The summed E-state index contributed by atoms with van der Waals surface area (Å²) in [7, 11) is 0. The Morgan fingerprint density at radius 1 is 1.36 bits per heavy atom. The van der Waals surface area contributed by atoms with E-state index in [0.717, 1.165) is 19.3 Å². The number of aromatic nitrogens is 1. The van der Waals surface area contributed by atoms with Gasteiger partial charge in [0.05, 0.1) is 5.41 Å². The van der Waals surface area contributed by atoms with Gasteiger partial charge in [-0.1, -0.05) is 12.8 Å². The minimum atomic E-state index is -0.614. The zero-order valence-electron chi connectivity index (χ0n) is 12.4. The number of rotatable bonds is 4. The van der Waals surface area contributed by atoms with E-state index in [1.54, 1.807) is 4.90 Å². The first-order valence-electron chi connectivity index (χ1n) is 7.71. The van der Waals surface area contributed by atoms with Crippen LogP contribution in [0.15, 0.2) is 18.3 Å². The third-order valence-electron chi connectivity index (χ3n) is 4.87. The first-order valence-corrected chi connectivity index (χ1v) is 7.71. The van der Waals surface area contributed by atoms with E-state index >= 15 is 0 Å². The minimum Gasteiger partial charge on any atom is -0.369 e. The predicted molar refractivity (Wildman–Crippen MR) is 78.3 cm³/mol. The number of primary amides is 1. The molecular formula is C16H20FN3O2. The second-order valence-electron chi connectivity index (χ2n) is 6.42. The van der Waals surface area contributed by atoms with E-state index in [1.807, 2.05) is 0 Å². The second-order valence-corrected chi connectivity index (χ2v) is 6.42. The molecule has 1 aromatic rings. The molecule has 1 aromatic heterocycles. The highest BCUT2D eigenvalue weighted by Crippen LogP contribution is 2.45. The highest BCUT2D eigenvalue weighted by Gasteiger charge is 2.44. The van der Waals surface area contributed by atoms with Gasteiger partial charge in [-0.25, -0.2) is 9.37 Å². The van der Waals surface area contributed by atoms with Crippen molar-refractivity contribution in [1.82, 2.24) is 9.88 Å². The van der Waals surface area contributed by atoms with Crippen LogP contribution >= 0.6 is 0 Å². The Kier molecular flexibility index (Phi) is 3.85. The number of hydrogen-bond donors (Lipinski definition) is 1. The van der Waals surface area contributed by atoms with Gasteiger partial charge in [0.15, 0.2) is 11.5 Å². The van der Waals surface area contributed by atoms with Gasteiger partial charge in [-0.2, -0.15) is 0 Å². The summed E-state index contributed by atoms with van der Waals surface area (Å²) in [4.78, 5) is 29.6. The molecule has 1 aliphatic heterocycles. The van der Waals surface area contributed by atoms with Gasteiger partial charge in [0.2, 0.25) is 5.91 Å². The topological polar surface area (TPSA) is 76.3 Å². The molecule has 2 heterocycles. The van der Waals surface area contributed by atoms with E-state index < -0.39 is 17.1 Å². The van der Waals surface area contributed by atoms with Crippen LogP contribution in [0, 0.1) is 17.2 Å². The average Bonchev–Trinajstić information content (AvgIpc) is 3.31. The first-order chi connectivity index (χ1) is 10.5. The molecule has 22 heavy (non-hydrogen) atoms. The Morgan fingerprint density at radius 2 is 2.05 bits per heavy atom. The molecule has 0 spiro atoms. The average molecular weight is 305 g/mol. The van der Waals surface area contributed by atoms with Crippen molar-refractivity contribution in [2.75, 3.05) is 13.1 Å². The van der Waals surface area contributed by atoms with Gasteiger partial charge in [-0.15, -0.1) is 0 Å². The Morgan fingerprint density at radius 3 is 2.59 bits per heavy atom. The van der Waals surface area contributed by atoms with Crippen LogP contribution < -0.4 is 5.73 Å². The van der Waals surface area contributed by atoms with Crippen molar-refractivity contribution in [3.05, 3.63) is 29.8 Å². The van der Waals surface area contributed by atoms with Gasteiger partial charge in [0.1, 0.15) is 0 Å². The Labute approximate surface area is 128 Å². The third-order valence-corrected chi connectivity index (χ3v) is 4.87. The maximum absolute atomic E-state index is 13.7. The highest BCUT2D eigenvalue weighted by atomic mass is 19.1. The number of nitrogens with two attached hydrogens (primary N) is 1. The van der Waals surface area contributed by atoms with E-state index in [0.29, 0.717) is 31.8 Å². The largest absolute Gasteiger partial charge is 0.369 e. The van der Waals surface area contributed by atoms with Crippen LogP contribution in [-0.4, -0.2) is 34.8 Å². The van der Waals surface area contributed by atoms with E-state index in [4.69, 9.17) is 5.73 Å². The van der Waals surface area contributed by atoms with Crippen LogP contribution in [0.5, 0.6) is 0 Å². The zero-order chi connectivity index (χ0) is 15.7. The van der Waals surface area contributed by atoms with E-state index in [9.17, 15) is 14.0 Å². The number of amides is 2. The summed E-state index contributed by atoms with van der Waals surface area (Å²) in [5.41, 5.74) is 4.96. The molecule has 1 saturated carbocycles. The summed E-state index contributed by atoms with van der Waals surface area (Å²) >= 11 is 0. The second kappa shape index (κ2) is 5.66. The molecule has 5 nitrogen and oxygen atoms in total. The van der Waals surface area contributed by atoms with E-state index in [1.165, 1.54) is 18.3 Å². The summed E-state index contributed by atoms with van der Waals surface area (Å²) in [5.74, 6) is -0.696. The summed E-state index contributed by atoms with van der Waals surface area (Å²) in [6, 6.07) is 2.68. The molecule has 0 aromatic carbocycles. The van der Waals surface area contributed by atoms with Crippen LogP contribution in [0.3, 0.4) is 0 Å². The molecule has 2 amide bonds. The number of piperidine rings is 1. The van der Waals surface area contributed by atoms with Crippen molar-refractivity contribution in [3.8, 4) is 0 Å². The number of nitrogens with zero attached hydrogens (tertiary/aromatic N) is 2. The maximum atomic E-state index is 13.7. The fourth-order valence-corrected chi connectivity index (χ4v) is 3.26. The van der Waals surface area contributed by atoms with Gasteiger partial charge in [0.25, 0.3) is 5.91 Å². The molecule has 118 valence electrons. The first kappa shape index (κ1) is 14.9. The van der Waals surface area contributed by atoms with Gasteiger partial charge >= 0.3 is 0 Å². The Balaban J connectivity index is 1.69. The fourth-order valence-electron chi connectivity index (χ4n) is 3.26. The van der Waals surface area contributed by atoms with Gasteiger partial charge in [0, 0.05) is 19.3 Å². The molecular weight excluding hydrogens is 285 g/mol. The standard InChI is InChI=1S/C16H20FN3O2/c17-12-2-1-7-19-13(12)14(21)20-8-5-16(6-9-20,15(18)22)10-11-3-4-11/h1-2,7,11H,3-6,8-10H2,(H2,18,22). The lowest BCUT2D eigenvalue weighted by Crippen LogP contribution is -2.49. The van der Waals surface area contributed by atoms with Crippen molar-refractivity contribution in [3.63, 3.8) is 0 Å². The Hall–Kier alpha value is -1.98. The number of pyridine rings is 1. The molecule has 6 heteroatoms. The maximum Gasteiger partial charge on any atom is 0.275 e. The lowest BCUT2D eigenvalue weighted by atomic mass is 9.73. The quantitative estimate of drug-likeness (QED) is 0.920. The lowest BCUT2D eigenvalue weighted by molar-refractivity contribution is -0.131. The van der Waals surface area contributed by atoms with Gasteiger partial charge in [-0.05, 0) is 37.3 Å². The van der Waals surface area contributed by atoms with Crippen LogP contribution in [0.1, 0.15) is 42.6 Å². The van der Waals surface area contributed by atoms with E-state index in [2.05, 4.69) is 4.98 Å². The zero-order valence-corrected chi connectivity index (χ0v) is 12.4. The predicted octanol–water partition coefficient (Wildman–Crippen LogP) is 1.73. The van der Waals surface area contributed by atoms with Crippen molar-refractivity contribution in [2.24, 2.45) is 17.1 Å². The lowest BCUT2D eigenvalue weighted by Gasteiger charge is -2.39. The third kappa shape index (κ3) is 2.82. The number of carbonyl (C=O) groups is 2. The van der Waals surface area contributed by atoms with Gasteiger partial charge in [-0.3, -0.25) is 9.59 Å². The summed E-state index contributed by atoms with van der Waals surface area (Å²) in [5, 5.41) is 0. The summed E-state index contributed by atoms with van der Waals surface area (Å²) in [6.45, 7) is 0.842. The van der Waals surface area contributed by atoms with Crippen LogP contribution in [0.4, 0.5) is 4.39 Å². The molecule has 1 saturated heterocycles. The molecule has 2 N–H and O–H groups in total. The molecule has 2 fully saturated rings. The SMILES string of the molecule is NC(=O)C1(CC2CC2)CCN(C(=O)c2ncccc2F)CC1. The Bertz CT molecular complexity index is 593. The molecule has 0 radical (unpaired) electrons. The fraction of sp³-hybridized carbons (Fsp3) is 0.562. The molecule has 3 rings (SSSR count). The molecule has 0 bridgehead atoms. The van der Waals surface area contributed by atoms with Crippen molar-refractivity contribution in [1.29, 1.82) is 0 Å². The van der Waals surface area contributed by atoms with Crippen LogP contribution in [-0.2, 0) is 4.79 Å². The monoisotopic (exact) mass is 305 g/mol. The molecule has 0 unspecified atom stereocenters. The van der Waals surface area contributed by atoms with Crippen LogP contribution in [0.2, 0.25) is 0 Å². The number of halogens is 1. The number of carbonyl (C=O) groups excluding carboxylic acids is 2. The van der Waals surface area contributed by atoms with Crippen molar-refractivity contribution >= 4 is 11.8 Å². The van der Waals surface area contributed by atoms with Gasteiger partial charge < -0.3 is 10.6 Å². The van der Waals surface area contributed by atoms with Crippen molar-refractivity contribution < 1.29 is 14.0 Å². The van der Waals surface area contributed by atoms with E-state index in [-0.39, 0.29) is 11.6 Å². The number of hydrogen-bond acceptors (Lipinski definition) is 3. The van der Waals surface area contributed by atoms with Crippen molar-refractivity contribution in [2.45, 2.75) is 32.1 Å². The van der Waals surface area contributed by atoms with Crippen LogP contribution in [0.25, 0.3) is 0 Å². The highest BCUT2D eigenvalue weighted by molar-refractivity contribution is 5.92.